The molecule has 1 heterocycles. The number of halogens is 1. The predicted molar refractivity (Wildman–Crippen MR) is 80.7 cm³/mol. The SMILES string of the molecule is Cc1c(I)c(C(=O)O)nn1COCC[Si](C)(C)C. The van der Waals surface area contributed by atoms with Gasteiger partial charge in [-0.2, -0.15) is 5.10 Å². The fourth-order valence-electron chi connectivity index (χ4n) is 1.32. The second kappa shape index (κ2) is 6.16. The fraction of sp³-hybridized carbons (Fsp3) is 0.636. The summed E-state index contributed by atoms with van der Waals surface area (Å²) in [7, 11) is -1.08. The first-order chi connectivity index (χ1) is 8.22. The topological polar surface area (TPSA) is 64.3 Å². The van der Waals surface area contributed by atoms with Crippen molar-refractivity contribution in [1.82, 2.24) is 9.78 Å². The van der Waals surface area contributed by atoms with Gasteiger partial charge in [0.15, 0.2) is 5.69 Å². The zero-order valence-corrected chi connectivity index (χ0v) is 14.3. The third-order valence-corrected chi connectivity index (χ3v) is 5.54. The van der Waals surface area contributed by atoms with Gasteiger partial charge in [0.05, 0.1) is 9.26 Å². The van der Waals surface area contributed by atoms with Gasteiger partial charge in [-0.15, -0.1) is 0 Å². The molecule has 1 N–H and O–H groups in total. The molecule has 0 aliphatic carbocycles. The van der Waals surface area contributed by atoms with Crippen LogP contribution in [0.1, 0.15) is 16.2 Å². The van der Waals surface area contributed by atoms with E-state index >= 15 is 0 Å². The van der Waals surface area contributed by atoms with Crippen molar-refractivity contribution in [2.24, 2.45) is 0 Å². The number of hydrogen-bond acceptors (Lipinski definition) is 3. The zero-order valence-electron chi connectivity index (χ0n) is 11.2. The van der Waals surface area contributed by atoms with Crippen LogP contribution in [0.3, 0.4) is 0 Å². The Balaban J connectivity index is 2.58. The van der Waals surface area contributed by atoms with E-state index in [2.05, 4.69) is 24.7 Å². The number of aromatic carboxylic acids is 1. The van der Waals surface area contributed by atoms with Crippen LogP contribution in [0.4, 0.5) is 0 Å². The van der Waals surface area contributed by atoms with Crippen LogP contribution >= 0.6 is 22.6 Å². The molecule has 0 saturated heterocycles. The van der Waals surface area contributed by atoms with Crippen LogP contribution in [-0.4, -0.2) is 35.5 Å². The van der Waals surface area contributed by atoms with Crippen LogP contribution in [0.5, 0.6) is 0 Å². The molecule has 18 heavy (non-hydrogen) atoms. The average molecular weight is 382 g/mol. The van der Waals surface area contributed by atoms with Crippen LogP contribution in [0.15, 0.2) is 0 Å². The summed E-state index contributed by atoms with van der Waals surface area (Å²) >= 11 is 2.00. The Labute approximate surface area is 122 Å². The Hall–Kier alpha value is -0.413. The molecule has 0 unspecified atom stereocenters. The van der Waals surface area contributed by atoms with Crippen LogP contribution in [0, 0.1) is 10.5 Å². The number of carboxylic acids is 1. The Kier molecular flexibility index (Phi) is 5.35. The molecule has 1 rings (SSSR count). The highest BCUT2D eigenvalue weighted by molar-refractivity contribution is 14.1. The molecule has 5 nitrogen and oxygen atoms in total. The second-order valence-electron chi connectivity index (χ2n) is 5.40. The summed E-state index contributed by atoms with van der Waals surface area (Å²) in [6.45, 7) is 9.75. The lowest BCUT2D eigenvalue weighted by Gasteiger charge is -2.15. The van der Waals surface area contributed by atoms with Gasteiger partial charge in [0.2, 0.25) is 0 Å². The highest BCUT2D eigenvalue weighted by atomic mass is 127. The summed E-state index contributed by atoms with van der Waals surface area (Å²) in [5.41, 5.74) is 0.933. The second-order valence-corrected chi connectivity index (χ2v) is 12.1. The van der Waals surface area contributed by atoms with Gasteiger partial charge in [0, 0.05) is 14.7 Å². The van der Waals surface area contributed by atoms with Crippen molar-refractivity contribution >= 4 is 36.6 Å². The Morgan fingerprint density at radius 2 is 2.11 bits per heavy atom. The van der Waals surface area contributed by atoms with Crippen molar-refractivity contribution in [3.63, 3.8) is 0 Å². The molecule has 0 fully saturated rings. The molecule has 1 aromatic heterocycles. The van der Waals surface area contributed by atoms with Gasteiger partial charge >= 0.3 is 5.97 Å². The quantitative estimate of drug-likeness (QED) is 0.467. The van der Waals surface area contributed by atoms with Crippen LogP contribution in [-0.2, 0) is 11.5 Å². The molecule has 0 amide bonds. The fourth-order valence-corrected chi connectivity index (χ4v) is 2.69. The van der Waals surface area contributed by atoms with Gasteiger partial charge in [0.1, 0.15) is 6.73 Å². The van der Waals surface area contributed by atoms with Crippen LogP contribution in [0.25, 0.3) is 0 Å². The number of nitrogens with zero attached hydrogens (tertiary/aromatic N) is 2. The van der Waals surface area contributed by atoms with Crippen molar-refractivity contribution < 1.29 is 14.6 Å². The molecule has 0 radical (unpaired) electrons. The lowest BCUT2D eigenvalue weighted by atomic mass is 10.4. The van der Waals surface area contributed by atoms with Gasteiger partial charge in [0.25, 0.3) is 0 Å². The van der Waals surface area contributed by atoms with Crippen molar-refractivity contribution in [1.29, 1.82) is 0 Å². The van der Waals surface area contributed by atoms with E-state index < -0.39 is 14.0 Å². The van der Waals surface area contributed by atoms with E-state index in [0.717, 1.165) is 11.7 Å². The van der Waals surface area contributed by atoms with E-state index in [1.807, 2.05) is 29.5 Å². The van der Waals surface area contributed by atoms with Gasteiger partial charge in [-0.25, -0.2) is 9.48 Å². The molecular formula is C11H19IN2O3Si. The molecule has 0 atom stereocenters. The maximum atomic E-state index is 10.9. The molecular weight excluding hydrogens is 363 g/mol. The lowest BCUT2D eigenvalue weighted by Crippen LogP contribution is -2.22. The third-order valence-electron chi connectivity index (χ3n) is 2.55. The van der Waals surface area contributed by atoms with E-state index in [9.17, 15) is 4.79 Å². The Bertz CT molecular complexity index is 440. The highest BCUT2D eigenvalue weighted by Crippen LogP contribution is 2.16. The van der Waals surface area contributed by atoms with E-state index in [0.29, 0.717) is 16.9 Å². The van der Waals surface area contributed by atoms with Gasteiger partial charge in [-0.1, -0.05) is 19.6 Å². The van der Waals surface area contributed by atoms with Gasteiger partial charge < -0.3 is 9.84 Å². The maximum absolute atomic E-state index is 10.9. The minimum Gasteiger partial charge on any atom is -0.476 e. The van der Waals surface area contributed by atoms with E-state index in [-0.39, 0.29) is 5.69 Å². The number of rotatable bonds is 6. The number of carboxylic acid groups (broad SMARTS) is 1. The summed E-state index contributed by atoms with van der Waals surface area (Å²) in [6.07, 6.45) is 0. The molecule has 102 valence electrons. The monoisotopic (exact) mass is 382 g/mol. The van der Waals surface area contributed by atoms with E-state index in [1.54, 1.807) is 4.68 Å². The van der Waals surface area contributed by atoms with Gasteiger partial charge in [-0.05, 0) is 35.6 Å². The number of aromatic nitrogens is 2. The molecule has 0 bridgehead atoms. The molecule has 0 aliphatic heterocycles. The average Bonchev–Trinajstić information content (AvgIpc) is 2.51. The standard InChI is InChI=1S/C11H19IN2O3Si/c1-8-9(12)10(11(15)16)13-14(8)7-17-5-6-18(2,3)4/h5-7H2,1-4H3,(H,15,16). The van der Waals surface area contributed by atoms with E-state index in [4.69, 9.17) is 9.84 Å². The highest BCUT2D eigenvalue weighted by Gasteiger charge is 2.18. The first kappa shape index (κ1) is 15.6. The normalized spacial score (nSPS) is 11.8. The first-order valence-electron chi connectivity index (χ1n) is 5.76. The summed E-state index contributed by atoms with van der Waals surface area (Å²) in [5, 5.41) is 13.0. The summed E-state index contributed by atoms with van der Waals surface area (Å²) < 4.78 is 7.85. The summed E-state index contributed by atoms with van der Waals surface area (Å²) in [4.78, 5) is 10.9. The molecule has 7 heteroatoms. The van der Waals surface area contributed by atoms with Crippen molar-refractivity contribution in [2.45, 2.75) is 39.3 Å². The number of hydrogen-bond donors (Lipinski definition) is 1. The van der Waals surface area contributed by atoms with Crippen LogP contribution < -0.4 is 0 Å². The molecule has 0 spiro atoms. The summed E-state index contributed by atoms with van der Waals surface area (Å²) in [5.74, 6) is -0.997. The maximum Gasteiger partial charge on any atom is 0.357 e. The lowest BCUT2D eigenvalue weighted by molar-refractivity contribution is 0.0669. The van der Waals surface area contributed by atoms with Gasteiger partial charge in [-0.3, -0.25) is 0 Å². The largest absolute Gasteiger partial charge is 0.476 e. The van der Waals surface area contributed by atoms with E-state index in [1.165, 1.54) is 0 Å². The predicted octanol–water partition coefficient (Wildman–Crippen LogP) is 2.81. The minimum atomic E-state index is -1.08. The Morgan fingerprint density at radius 3 is 2.56 bits per heavy atom. The molecule has 1 aromatic rings. The summed E-state index contributed by atoms with van der Waals surface area (Å²) in [6, 6.07) is 1.09. The zero-order chi connectivity index (χ0) is 13.9. The smallest absolute Gasteiger partial charge is 0.357 e. The molecule has 0 aliphatic rings. The van der Waals surface area contributed by atoms with Crippen molar-refractivity contribution in [3.05, 3.63) is 15.0 Å². The van der Waals surface area contributed by atoms with Crippen molar-refractivity contribution in [3.8, 4) is 0 Å². The first-order valence-corrected chi connectivity index (χ1v) is 10.5. The van der Waals surface area contributed by atoms with Crippen molar-refractivity contribution in [2.75, 3.05) is 6.61 Å². The Morgan fingerprint density at radius 1 is 1.50 bits per heavy atom. The number of carbonyl (C=O) groups is 1. The third kappa shape index (κ3) is 4.36. The number of ether oxygens (including phenoxy) is 1. The van der Waals surface area contributed by atoms with Crippen LogP contribution in [0.2, 0.25) is 25.7 Å². The molecule has 0 saturated carbocycles. The minimum absolute atomic E-state index is 0.0990. The molecule has 0 aromatic carbocycles.